The fourth-order valence-corrected chi connectivity index (χ4v) is 2.80. The lowest BCUT2D eigenvalue weighted by Gasteiger charge is -2.13. The Morgan fingerprint density at radius 3 is 2.91 bits per heavy atom. The number of nitrogens with zero attached hydrogens (tertiary/aromatic N) is 1. The molecular formula is C16H19N3O3S. The lowest BCUT2D eigenvalue weighted by atomic mass is 10.2. The molecule has 0 aliphatic heterocycles. The van der Waals surface area contributed by atoms with E-state index in [1.807, 2.05) is 30.5 Å². The number of nitrogens with one attached hydrogen (secondary N) is 2. The van der Waals surface area contributed by atoms with E-state index in [1.165, 1.54) is 11.3 Å². The lowest BCUT2D eigenvalue weighted by Crippen LogP contribution is -2.38. The van der Waals surface area contributed by atoms with Crippen molar-refractivity contribution in [2.24, 2.45) is 0 Å². The Bertz CT molecular complexity index is 658. The van der Waals surface area contributed by atoms with Gasteiger partial charge in [-0.05, 0) is 36.1 Å². The van der Waals surface area contributed by atoms with Crippen LogP contribution in [-0.4, -0.2) is 30.5 Å². The first-order valence-electron chi connectivity index (χ1n) is 7.15. The molecule has 7 heteroatoms. The second-order valence-corrected chi connectivity index (χ2v) is 5.89. The summed E-state index contributed by atoms with van der Waals surface area (Å²) >= 11 is 1.33. The summed E-state index contributed by atoms with van der Waals surface area (Å²) in [5.74, 6) is -0.525. The molecule has 0 aromatic carbocycles. The Labute approximate surface area is 138 Å². The average Bonchev–Trinajstić information content (AvgIpc) is 3.02. The topological polar surface area (TPSA) is 80.3 Å². The van der Waals surface area contributed by atoms with Gasteiger partial charge in [-0.3, -0.25) is 14.6 Å². The highest BCUT2D eigenvalue weighted by molar-refractivity contribution is 7.12. The monoisotopic (exact) mass is 333 g/mol. The summed E-state index contributed by atoms with van der Waals surface area (Å²) in [6.45, 7) is 2.23. The molecule has 23 heavy (non-hydrogen) atoms. The van der Waals surface area contributed by atoms with Gasteiger partial charge in [-0.15, -0.1) is 11.3 Å². The van der Waals surface area contributed by atoms with E-state index >= 15 is 0 Å². The molecule has 2 N–H and O–H groups in total. The number of methoxy groups -OCH3 is 1. The van der Waals surface area contributed by atoms with Crippen LogP contribution in [0.3, 0.4) is 0 Å². The fraction of sp³-hybridized carbons (Fsp3) is 0.312. The van der Waals surface area contributed by atoms with Crippen LogP contribution >= 0.6 is 11.3 Å². The van der Waals surface area contributed by atoms with E-state index in [0.29, 0.717) is 11.5 Å². The van der Waals surface area contributed by atoms with Crippen molar-refractivity contribution in [2.45, 2.75) is 19.6 Å². The number of pyridine rings is 1. The van der Waals surface area contributed by atoms with Gasteiger partial charge < -0.3 is 15.4 Å². The highest BCUT2D eigenvalue weighted by Crippen LogP contribution is 2.15. The standard InChI is InChI=1S/C16H19N3O3S/c1-11(13-5-3-4-6-17-13)19-15(20)8-18-16(21)14-7-12(9-22-2)10-23-14/h3-7,10-11H,8-9H2,1-2H3,(H,18,21)(H,19,20). The molecule has 122 valence electrons. The van der Waals surface area contributed by atoms with Crippen molar-refractivity contribution < 1.29 is 14.3 Å². The van der Waals surface area contributed by atoms with Crippen molar-refractivity contribution in [1.29, 1.82) is 0 Å². The molecule has 2 rings (SSSR count). The highest BCUT2D eigenvalue weighted by Gasteiger charge is 2.13. The average molecular weight is 333 g/mol. The molecule has 0 spiro atoms. The van der Waals surface area contributed by atoms with Gasteiger partial charge >= 0.3 is 0 Å². The molecule has 0 bridgehead atoms. The maximum Gasteiger partial charge on any atom is 0.261 e. The first-order chi connectivity index (χ1) is 11.1. The van der Waals surface area contributed by atoms with E-state index in [-0.39, 0.29) is 24.4 Å². The van der Waals surface area contributed by atoms with Crippen molar-refractivity contribution in [3.8, 4) is 0 Å². The van der Waals surface area contributed by atoms with Crippen molar-refractivity contribution in [2.75, 3.05) is 13.7 Å². The van der Waals surface area contributed by atoms with Crippen molar-refractivity contribution in [3.05, 3.63) is 52.0 Å². The molecule has 6 nitrogen and oxygen atoms in total. The second-order valence-electron chi connectivity index (χ2n) is 4.98. The molecule has 2 aromatic heterocycles. The van der Waals surface area contributed by atoms with Crippen molar-refractivity contribution >= 4 is 23.2 Å². The van der Waals surface area contributed by atoms with Gasteiger partial charge in [0.2, 0.25) is 5.91 Å². The van der Waals surface area contributed by atoms with Crippen LogP contribution in [0.4, 0.5) is 0 Å². The zero-order valence-electron chi connectivity index (χ0n) is 13.0. The van der Waals surface area contributed by atoms with Crippen LogP contribution < -0.4 is 10.6 Å². The van der Waals surface area contributed by atoms with E-state index in [1.54, 1.807) is 19.4 Å². The van der Waals surface area contributed by atoms with Gasteiger partial charge in [0.1, 0.15) is 0 Å². The number of rotatable bonds is 7. The lowest BCUT2D eigenvalue weighted by molar-refractivity contribution is -0.120. The number of ether oxygens (including phenoxy) is 1. The zero-order valence-corrected chi connectivity index (χ0v) is 13.9. The van der Waals surface area contributed by atoms with Gasteiger partial charge in [0.05, 0.1) is 29.8 Å². The van der Waals surface area contributed by atoms with Crippen LogP contribution in [-0.2, 0) is 16.1 Å². The molecule has 1 unspecified atom stereocenters. The molecular weight excluding hydrogens is 314 g/mol. The van der Waals surface area contributed by atoms with Gasteiger partial charge in [0, 0.05) is 13.3 Å². The number of hydrogen-bond donors (Lipinski definition) is 2. The third-order valence-corrected chi connectivity index (χ3v) is 4.08. The third-order valence-electron chi connectivity index (χ3n) is 3.11. The molecule has 0 radical (unpaired) electrons. The fourth-order valence-electron chi connectivity index (χ4n) is 1.98. The number of thiophene rings is 1. The first kappa shape index (κ1) is 17.1. The minimum absolute atomic E-state index is 0.0759. The Balaban J connectivity index is 1.80. The minimum Gasteiger partial charge on any atom is -0.380 e. The van der Waals surface area contributed by atoms with Crippen molar-refractivity contribution in [1.82, 2.24) is 15.6 Å². The summed E-state index contributed by atoms with van der Waals surface area (Å²) < 4.78 is 5.01. The van der Waals surface area contributed by atoms with Crippen LogP contribution in [0.5, 0.6) is 0 Å². The Kier molecular flexibility index (Phi) is 6.25. The number of carbonyl (C=O) groups excluding carboxylic acids is 2. The second kappa shape index (κ2) is 8.40. The third kappa shape index (κ3) is 5.15. The largest absolute Gasteiger partial charge is 0.380 e. The number of amides is 2. The van der Waals surface area contributed by atoms with Crippen LogP contribution in [0.25, 0.3) is 0 Å². The molecule has 2 heterocycles. The molecule has 0 aliphatic carbocycles. The van der Waals surface area contributed by atoms with Crippen LogP contribution in [0, 0.1) is 0 Å². The molecule has 1 atom stereocenters. The molecule has 2 amide bonds. The first-order valence-corrected chi connectivity index (χ1v) is 8.03. The van der Waals surface area contributed by atoms with E-state index in [9.17, 15) is 9.59 Å². The minimum atomic E-state index is -0.266. The van der Waals surface area contributed by atoms with Crippen molar-refractivity contribution in [3.63, 3.8) is 0 Å². The quantitative estimate of drug-likeness (QED) is 0.811. The summed E-state index contributed by atoms with van der Waals surface area (Å²) in [6, 6.07) is 7.07. The number of aromatic nitrogens is 1. The number of carbonyl (C=O) groups is 2. The van der Waals surface area contributed by atoms with Gasteiger partial charge in [0.25, 0.3) is 5.91 Å². The molecule has 0 aliphatic rings. The summed E-state index contributed by atoms with van der Waals surface area (Å²) in [4.78, 5) is 28.6. The SMILES string of the molecule is COCc1csc(C(=O)NCC(=O)NC(C)c2ccccn2)c1. The predicted octanol–water partition coefficient (Wildman–Crippen LogP) is 1.90. The zero-order chi connectivity index (χ0) is 16.7. The van der Waals surface area contributed by atoms with Gasteiger partial charge in [-0.2, -0.15) is 0 Å². The smallest absolute Gasteiger partial charge is 0.261 e. The normalized spacial score (nSPS) is 11.7. The van der Waals surface area contributed by atoms with Crippen LogP contribution in [0.15, 0.2) is 35.8 Å². The summed E-state index contributed by atoms with van der Waals surface area (Å²) in [5.41, 5.74) is 1.71. The molecule has 0 fully saturated rings. The Morgan fingerprint density at radius 2 is 2.22 bits per heavy atom. The van der Waals surface area contributed by atoms with E-state index in [4.69, 9.17) is 4.74 Å². The summed E-state index contributed by atoms with van der Waals surface area (Å²) in [6.07, 6.45) is 1.67. The van der Waals surface area contributed by atoms with Crippen LogP contribution in [0.2, 0.25) is 0 Å². The molecule has 0 saturated carbocycles. The molecule has 2 aromatic rings. The number of hydrogen-bond acceptors (Lipinski definition) is 5. The van der Waals surface area contributed by atoms with Gasteiger partial charge in [-0.1, -0.05) is 6.07 Å². The van der Waals surface area contributed by atoms with E-state index in [2.05, 4.69) is 15.6 Å². The van der Waals surface area contributed by atoms with E-state index in [0.717, 1.165) is 11.3 Å². The van der Waals surface area contributed by atoms with E-state index < -0.39 is 0 Å². The van der Waals surface area contributed by atoms with Gasteiger partial charge in [0.15, 0.2) is 0 Å². The van der Waals surface area contributed by atoms with Gasteiger partial charge in [-0.25, -0.2) is 0 Å². The maximum atomic E-state index is 12.0. The summed E-state index contributed by atoms with van der Waals surface area (Å²) in [7, 11) is 1.60. The summed E-state index contributed by atoms with van der Waals surface area (Å²) in [5, 5.41) is 7.27. The predicted molar refractivity (Wildman–Crippen MR) is 88.2 cm³/mol. The Hall–Kier alpha value is -2.25. The maximum absolute atomic E-state index is 12.0. The highest BCUT2D eigenvalue weighted by atomic mass is 32.1. The molecule has 0 saturated heterocycles. The van der Waals surface area contributed by atoms with Crippen LogP contribution in [0.1, 0.15) is 33.9 Å². The Morgan fingerprint density at radius 1 is 1.39 bits per heavy atom.